The highest BCUT2D eigenvalue weighted by atomic mass is 79.9. The first kappa shape index (κ1) is 18.8. The lowest BCUT2D eigenvalue weighted by atomic mass is 10.1. The van der Waals surface area contributed by atoms with Crippen LogP contribution in [0.15, 0.2) is 74.3 Å². The molecule has 0 saturated heterocycles. The molecule has 0 bridgehead atoms. The number of methoxy groups -OCH3 is 1. The average Bonchev–Trinajstić information content (AvgIpc) is 2.73. The van der Waals surface area contributed by atoms with E-state index in [0.29, 0.717) is 28.2 Å². The molecular formula is C21H14BrN3O4. The van der Waals surface area contributed by atoms with Crippen LogP contribution in [-0.2, 0) is 0 Å². The molecule has 0 aliphatic rings. The number of ether oxygens (including phenoxy) is 1. The summed E-state index contributed by atoms with van der Waals surface area (Å²) < 4.78 is 11.1. The van der Waals surface area contributed by atoms with Crippen LogP contribution >= 0.6 is 15.9 Å². The fraction of sp³-hybridized carbons (Fsp3) is 0.0476. The molecule has 0 saturated carbocycles. The maximum Gasteiger partial charge on any atom is 0.349 e. The number of rotatable bonds is 4. The number of carbonyl (C=O) groups excluding carboxylic acids is 1. The number of hydrogen-bond acceptors (Lipinski definition) is 6. The third-order valence-corrected chi connectivity index (χ3v) is 4.70. The van der Waals surface area contributed by atoms with Crippen molar-refractivity contribution in [3.05, 3.63) is 81.1 Å². The van der Waals surface area contributed by atoms with Crippen LogP contribution in [0.3, 0.4) is 0 Å². The number of anilines is 1. The predicted molar refractivity (Wildman–Crippen MR) is 112 cm³/mol. The van der Waals surface area contributed by atoms with Gasteiger partial charge in [-0.25, -0.2) is 4.79 Å². The van der Waals surface area contributed by atoms with Crippen molar-refractivity contribution in [2.24, 2.45) is 0 Å². The number of nitrogens with one attached hydrogen (secondary N) is 1. The zero-order valence-corrected chi connectivity index (χ0v) is 16.8. The maximum atomic E-state index is 12.7. The van der Waals surface area contributed by atoms with Gasteiger partial charge >= 0.3 is 5.63 Å². The van der Waals surface area contributed by atoms with Gasteiger partial charge in [-0.2, -0.15) is 0 Å². The summed E-state index contributed by atoms with van der Waals surface area (Å²) in [4.78, 5) is 24.9. The third kappa shape index (κ3) is 4.02. The molecule has 29 heavy (non-hydrogen) atoms. The van der Waals surface area contributed by atoms with Crippen molar-refractivity contribution in [3.8, 4) is 17.1 Å². The quantitative estimate of drug-likeness (QED) is 0.465. The molecule has 8 heteroatoms. The second-order valence-corrected chi connectivity index (χ2v) is 7.04. The Morgan fingerprint density at radius 2 is 1.93 bits per heavy atom. The molecule has 0 fully saturated rings. The highest BCUT2D eigenvalue weighted by molar-refractivity contribution is 9.10. The highest BCUT2D eigenvalue weighted by Gasteiger charge is 2.15. The summed E-state index contributed by atoms with van der Waals surface area (Å²) in [7, 11) is 1.52. The standard InChI is InChI=1S/C21H14BrN3O4/c1-28-19-8-6-17(24-25-19)12-3-2-4-15(10-12)23-20(26)16-11-13-9-14(22)5-7-18(13)29-21(16)27/h2-11H,1H3,(H,23,26). The fourth-order valence-electron chi connectivity index (χ4n) is 2.79. The van der Waals surface area contributed by atoms with Crippen LogP contribution in [0.4, 0.5) is 5.69 Å². The Balaban J connectivity index is 1.62. The number of aromatic nitrogens is 2. The molecular weight excluding hydrogens is 438 g/mol. The summed E-state index contributed by atoms with van der Waals surface area (Å²) in [6, 6.07) is 17.3. The Morgan fingerprint density at radius 3 is 2.69 bits per heavy atom. The van der Waals surface area contributed by atoms with E-state index < -0.39 is 11.5 Å². The zero-order chi connectivity index (χ0) is 20.4. The highest BCUT2D eigenvalue weighted by Crippen LogP contribution is 2.23. The van der Waals surface area contributed by atoms with E-state index in [1.807, 2.05) is 6.07 Å². The minimum atomic E-state index is -0.700. The van der Waals surface area contributed by atoms with Gasteiger partial charge in [0.05, 0.1) is 12.8 Å². The molecule has 4 aromatic rings. The molecule has 2 aromatic heterocycles. The van der Waals surface area contributed by atoms with Gasteiger partial charge in [0.15, 0.2) is 0 Å². The Kier molecular flexibility index (Phi) is 5.09. The lowest BCUT2D eigenvalue weighted by Crippen LogP contribution is -2.20. The molecule has 0 spiro atoms. The van der Waals surface area contributed by atoms with Crippen LogP contribution in [0.1, 0.15) is 10.4 Å². The van der Waals surface area contributed by atoms with Crippen LogP contribution in [0, 0.1) is 0 Å². The average molecular weight is 452 g/mol. The van der Waals surface area contributed by atoms with Crippen molar-refractivity contribution < 1.29 is 13.9 Å². The monoisotopic (exact) mass is 451 g/mol. The minimum absolute atomic E-state index is 0.0785. The maximum absolute atomic E-state index is 12.7. The van der Waals surface area contributed by atoms with Gasteiger partial charge in [0.25, 0.3) is 5.91 Å². The number of amides is 1. The molecule has 0 radical (unpaired) electrons. The van der Waals surface area contributed by atoms with Gasteiger partial charge in [0, 0.05) is 27.2 Å². The van der Waals surface area contributed by atoms with Gasteiger partial charge in [0.2, 0.25) is 5.88 Å². The van der Waals surface area contributed by atoms with Crippen molar-refractivity contribution in [3.63, 3.8) is 0 Å². The van der Waals surface area contributed by atoms with Crippen molar-refractivity contribution in [2.45, 2.75) is 0 Å². The molecule has 2 heterocycles. The smallest absolute Gasteiger partial charge is 0.349 e. The van der Waals surface area contributed by atoms with Crippen molar-refractivity contribution in [1.82, 2.24) is 10.2 Å². The van der Waals surface area contributed by atoms with Gasteiger partial charge in [-0.05, 0) is 42.5 Å². The molecule has 0 atom stereocenters. The summed E-state index contributed by atoms with van der Waals surface area (Å²) in [6.45, 7) is 0. The van der Waals surface area contributed by atoms with Crippen LogP contribution in [0.2, 0.25) is 0 Å². The number of fused-ring (bicyclic) bond motifs is 1. The van der Waals surface area contributed by atoms with Crippen LogP contribution in [0.25, 0.3) is 22.2 Å². The molecule has 2 aromatic carbocycles. The topological polar surface area (TPSA) is 94.3 Å². The van der Waals surface area contributed by atoms with Crippen LogP contribution in [0.5, 0.6) is 5.88 Å². The Morgan fingerprint density at radius 1 is 1.07 bits per heavy atom. The summed E-state index contributed by atoms with van der Waals surface area (Å²) in [5.74, 6) is -0.147. The fourth-order valence-corrected chi connectivity index (χ4v) is 3.17. The number of benzene rings is 2. The van der Waals surface area contributed by atoms with Gasteiger partial charge < -0.3 is 14.5 Å². The minimum Gasteiger partial charge on any atom is -0.480 e. The largest absolute Gasteiger partial charge is 0.480 e. The lowest BCUT2D eigenvalue weighted by molar-refractivity contribution is 0.102. The molecule has 7 nitrogen and oxygen atoms in total. The summed E-state index contributed by atoms with van der Waals surface area (Å²) >= 11 is 3.37. The normalized spacial score (nSPS) is 10.7. The van der Waals surface area contributed by atoms with E-state index in [1.165, 1.54) is 13.2 Å². The van der Waals surface area contributed by atoms with Crippen molar-refractivity contribution >= 4 is 38.5 Å². The Labute approximate surface area is 173 Å². The second-order valence-electron chi connectivity index (χ2n) is 6.13. The van der Waals surface area contributed by atoms with E-state index >= 15 is 0 Å². The Bertz CT molecular complexity index is 1270. The van der Waals surface area contributed by atoms with E-state index in [0.717, 1.165) is 10.0 Å². The predicted octanol–water partition coefficient (Wildman–Crippen LogP) is 4.27. The van der Waals surface area contributed by atoms with Crippen LogP contribution < -0.4 is 15.7 Å². The number of halogens is 1. The second kappa shape index (κ2) is 7.84. The molecule has 0 aliphatic carbocycles. The first-order valence-electron chi connectivity index (χ1n) is 8.56. The molecule has 0 unspecified atom stereocenters. The van der Waals surface area contributed by atoms with Crippen LogP contribution in [-0.4, -0.2) is 23.2 Å². The third-order valence-electron chi connectivity index (χ3n) is 4.20. The summed E-state index contributed by atoms with van der Waals surface area (Å²) in [5.41, 5.74) is 1.53. The molecule has 1 N–H and O–H groups in total. The summed E-state index contributed by atoms with van der Waals surface area (Å²) in [5, 5.41) is 11.4. The van der Waals surface area contributed by atoms with Gasteiger partial charge in [0.1, 0.15) is 11.1 Å². The number of hydrogen-bond donors (Lipinski definition) is 1. The molecule has 1 amide bonds. The number of carbonyl (C=O) groups is 1. The van der Waals surface area contributed by atoms with Gasteiger partial charge in [-0.1, -0.05) is 28.1 Å². The first-order valence-corrected chi connectivity index (χ1v) is 9.36. The van der Waals surface area contributed by atoms with Gasteiger partial charge in [-0.15, -0.1) is 10.2 Å². The van der Waals surface area contributed by atoms with E-state index in [2.05, 4.69) is 31.4 Å². The van der Waals surface area contributed by atoms with E-state index in [9.17, 15) is 9.59 Å². The number of nitrogens with zero attached hydrogens (tertiary/aromatic N) is 2. The molecule has 0 aliphatic heterocycles. The molecule has 144 valence electrons. The SMILES string of the molecule is COc1ccc(-c2cccc(NC(=O)c3cc4cc(Br)ccc4oc3=O)c2)nn1. The van der Waals surface area contributed by atoms with E-state index in [1.54, 1.807) is 48.5 Å². The summed E-state index contributed by atoms with van der Waals surface area (Å²) in [6.07, 6.45) is 0. The lowest BCUT2D eigenvalue weighted by Gasteiger charge is -2.08. The van der Waals surface area contributed by atoms with E-state index in [4.69, 9.17) is 9.15 Å². The molecule has 4 rings (SSSR count). The van der Waals surface area contributed by atoms with Crippen molar-refractivity contribution in [2.75, 3.05) is 12.4 Å². The van der Waals surface area contributed by atoms with E-state index in [-0.39, 0.29) is 5.56 Å². The zero-order valence-electron chi connectivity index (χ0n) is 15.2. The van der Waals surface area contributed by atoms with Gasteiger partial charge in [-0.3, -0.25) is 4.79 Å². The van der Waals surface area contributed by atoms with Crippen molar-refractivity contribution in [1.29, 1.82) is 0 Å². The Hall–Kier alpha value is -3.52. The first-order chi connectivity index (χ1) is 14.0.